The number of piperidine rings is 1. The molecule has 1 saturated carbocycles. The third-order valence-corrected chi connectivity index (χ3v) is 8.75. The normalized spacial score (nSPS) is 20.0. The number of carbonyl (C=O) groups excluding carboxylic acids is 2. The summed E-state index contributed by atoms with van der Waals surface area (Å²) in [6, 6.07) is 5.14. The van der Waals surface area contributed by atoms with Gasteiger partial charge in [0.15, 0.2) is 6.10 Å². The van der Waals surface area contributed by atoms with E-state index in [0.29, 0.717) is 25.3 Å². The van der Waals surface area contributed by atoms with Crippen LogP contribution in [-0.2, 0) is 24.3 Å². The molecular formula is C24H36N2O5S. The smallest absolute Gasteiger partial charge is 0.309 e. The lowest BCUT2D eigenvalue weighted by Gasteiger charge is -2.30. The zero-order valence-electron chi connectivity index (χ0n) is 19.4. The fourth-order valence-corrected chi connectivity index (χ4v) is 6.01. The number of sulfonamides is 1. The van der Waals surface area contributed by atoms with Gasteiger partial charge in [0, 0.05) is 19.6 Å². The Labute approximate surface area is 191 Å². The van der Waals surface area contributed by atoms with Gasteiger partial charge in [0.25, 0.3) is 5.91 Å². The van der Waals surface area contributed by atoms with Crippen LogP contribution in [-0.4, -0.2) is 50.3 Å². The molecule has 7 nitrogen and oxygen atoms in total. The number of amides is 1. The Balaban J connectivity index is 1.47. The Morgan fingerprint density at radius 3 is 2.34 bits per heavy atom. The third kappa shape index (κ3) is 6.10. The van der Waals surface area contributed by atoms with Gasteiger partial charge in [0.1, 0.15) is 0 Å². The highest BCUT2D eigenvalue weighted by Gasteiger charge is 2.34. The average Bonchev–Trinajstić information content (AvgIpc) is 2.79. The Morgan fingerprint density at radius 1 is 1.06 bits per heavy atom. The standard InChI is InChI=1S/C24H36N2O5S/c1-17-9-10-22(15-18(17)2)32(29,30)26-13-11-21(12-14-26)24(28)31-19(3)23(27)25-16-20-7-5-4-6-8-20/h9-10,15,19-21H,4-8,11-14,16H2,1-3H3,(H,25,27)/t19-/m1/s1. The van der Waals surface area contributed by atoms with E-state index < -0.39 is 28.0 Å². The van der Waals surface area contributed by atoms with Crippen LogP contribution in [0.2, 0.25) is 0 Å². The summed E-state index contributed by atoms with van der Waals surface area (Å²) in [6.45, 7) is 6.58. The van der Waals surface area contributed by atoms with E-state index in [1.165, 1.54) is 23.6 Å². The summed E-state index contributed by atoms with van der Waals surface area (Å²) in [4.78, 5) is 25.2. The summed E-state index contributed by atoms with van der Waals surface area (Å²) in [6.07, 6.45) is 5.90. The van der Waals surface area contributed by atoms with Crippen molar-refractivity contribution in [3.05, 3.63) is 29.3 Å². The fourth-order valence-electron chi connectivity index (χ4n) is 4.46. The molecule has 8 heteroatoms. The summed E-state index contributed by atoms with van der Waals surface area (Å²) in [5.41, 5.74) is 1.97. The number of rotatable bonds is 7. The van der Waals surface area contributed by atoms with E-state index in [1.54, 1.807) is 19.1 Å². The van der Waals surface area contributed by atoms with Crippen molar-refractivity contribution < 1.29 is 22.7 Å². The molecule has 178 valence electrons. The second-order valence-electron chi connectivity index (χ2n) is 9.25. The van der Waals surface area contributed by atoms with Crippen LogP contribution in [0.3, 0.4) is 0 Å². The Hall–Kier alpha value is -1.93. The summed E-state index contributed by atoms with van der Waals surface area (Å²) >= 11 is 0. The minimum absolute atomic E-state index is 0.261. The number of nitrogens with one attached hydrogen (secondary N) is 1. The molecule has 0 unspecified atom stereocenters. The fraction of sp³-hybridized carbons (Fsp3) is 0.667. The van der Waals surface area contributed by atoms with E-state index in [2.05, 4.69) is 5.32 Å². The quantitative estimate of drug-likeness (QED) is 0.625. The summed E-state index contributed by atoms with van der Waals surface area (Å²) in [5, 5.41) is 2.91. The van der Waals surface area contributed by atoms with Gasteiger partial charge in [-0.3, -0.25) is 9.59 Å². The highest BCUT2D eigenvalue weighted by molar-refractivity contribution is 7.89. The van der Waals surface area contributed by atoms with Crippen LogP contribution in [0.4, 0.5) is 0 Å². The predicted octanol–water partition coefficient (Wildman–Crippen LogP) is 3.33. The number of ether oxygens (including phenoxy) is 1. The van der Waals surface area contributed by atoms with Gasteiger partial charge in [0.2, 0.25) is 10.0 Å². The second kappa shape index (κ2) is 10.8. The number of hydrogen-bond acceptors (Lipinski definition) is 5. The van der Waals surface area contributed by atoms with Crippen LogP contribution in [0, 0.1) is 25.7 Å². The number of aryl methyl sites for hydroxylation is 2. The molecule has 0 bridgehead atoms. The van der Waals surface area contributed by atoms with Crippen molar-refractivity contribution in [2.45, 2.75) is 76.7 Å². The molecule has 2 aliphatic rings. The zero-order valence-corrected chi connectivity index (χ0v) is 20.2. The van der Waals surface area contributed by atoms with Crippen molar-refractivity contribution in [1.82, 2.24) is 9.62 Å². The van der Waals surface area contributed by atoms with E-state index in [9.17, 15) is 18.0 Å². The van der Waals surface area contributed by atoms with Crippen molar-refractivity contribution in [3.8, 4) is 0 Å². The SMILES string of the molecule is Cc1ccc(S(=O)(=O)N2CCC(C(=O)O[C@H](C)C(=O)NCC3CCCCC3)CC2)cc1C. The monoisotopic (exact) mass is 464 g/mol. The molecule has 0 aromatic heterocycles. The lowest BCUT2D eigenvalue weighted by Crippen LogP contribution is -2.43. The maximum absolute atomic E-state index is 13.0. The second-order valence-corrected chi connectivity index (χ2v) is 11.2. The molecule has 0 radical (unpaired) electrons. The minimum Gasteiger partial charge on any atom is -0.452 e. The van der Waals surface area contributed by atoms with E-state index in [0.717, 1.165) is 24.0 Å². The molecule has 1 aliphatic carbocycles. The van der Waals surface area contributed by atoms with Crippen LogP contribution in [0.1, 0.15) is 63.0 Å². The summed E-state index contributed by atoms with van der Waals surface area (Å²) in [7, 11) is -3.59. The lowest BCUT2D eigenvalue weighted by molar-refractivity contribution is -0.159. The molecule has 1 saturated heterocycles. The molecule has 0 spiro atoms. The van der Waals surface area contributed by atoms with Gasteiger partial charge in [-0.05, 0) is 75.6 Å². The van der Waals surface area contributed by atoms with Crippen LogP contribution < -0.4 is 5.32 Å². The third-order valence-electron chi connectivity index (χ3n) is 6.86. The Bertz CT molecular complexity index is 916. The van der Waals surface area contributed by atoms with Crippen LogP contribution in [0.15, 0.2) is 23.1 Å². The number of carbonyl (C=O) groups is 2. The van der Waals surface area contributed by atoms with Crippen molar-refractivity contribution >= 4 is 21.9 Å². The summed E-state index contributed by atoms with van der Waals surface area (Å²) in [5.74, 6) is -0.568. The first-order valence-electron chi connectivity index (χ1n) is 11.7. The van der Waals surface area contributed by atoms with Gasteiger partial charge in [-0.2, -0.15) is 4.31 Å². The van der Waals surface area contributed by atoms with Gasteiger partial charge < -0.3 is 10.1 Å². The van der Waals surface area contributed by atoms with Gasteiger partial charge in [-0.15, -0.1) is 0 Å². The van der Waals surface area contributed by atoms with Gasteiger partial charge >= 0.3 is 5.97 Å². The van der Waals surface area contributed by atoms with E-state index in [4.69, 9.17) is 4.74 Å². The number of hydrogen-bond donors (Lipinski definition) is 1. The number of esters is 1. The highest BCUT2D eigenvalue weighted by Crippen LogP contribution is 2.26. The molecule has 1 heterocycles. The van der Waals surface area contributed by atoms with E-state index in [1.807, 2.05) is 19.9 Å². The minimum atomic E-state index is -3.59. The molecule has 1 aromatic carbocycles. The first kappa shape index (κ1) is 24.7. The Kier molecular flexibility index (Phi) is 8.33. The predicted molar refractivity (Wildman–Crippen MR) is 123 cm³/mol. The van der Waals surface area contributed by atoms with Crippen LogP contribution in [0.5, 0.6) is 0 Å². The highest BCUT2D eigenvalue weighted by atomic mass is 32.2. The molecule has 1 aliphatic heterocycles. The van der Waals surface area contributed by atoms with Crippen molar-refractivity contribution in [2.75, 3.05) is 19.6 Å². The van der Waals surface area contributed by atoms with E-state index in [-0.39, 0.29) is 23.9 Å². The van der Waals surface area contributed by atoms with Gasteiger partial charge in [-0.25, -0.2) is 8.42 Å². The molecule has 1 N–H and O–H groups in total. The lowest BCUT2D eigenvalue weighted by atomic mass is 9.89. The Morgan fingerprint density at radius 2 is 1.72 bits per heavy atom. The van der Waals surface area contributed by atoms with Gasteiger partial charge in [0.05, 0.1) is 10.8 Å². The first-order chi connectivity index (χ1) is 15.2. The maximum Gasteiger partial charge on any atom is 0.309 e. The number of benzene rings is 1. The molecule has 2 fully saturated rings. The van der Waals surface area contributed by atoms with E-state index >= 15 is 0 Å². The maximum atomic E-state index is 13.0. The molecular weight excluding hydrogens is 428 g/mol. The largest absolute Gasteiger partial charge is 0.452 e. The zero-order chi connectivity index (χ0) is 23.3. The number of nitrogens with zero attached hydrogens (tertiary/aromatic N) is 1. The molecule has 1 atom stereocenters. The first-order valence-corrected chi connectivity index (χ1v) is 13.2. The van der Waals surface area contributed by atoms with Crippen LogP contribution in [0.25, 0.3) is 0 Å². The molecule has 1 aromatic rings. The van der Waals surface area contributed by atoms with Crippen molar-refractivity contribution in [3.63, 3.8) is 0 Å². The molecule has 3 rings (SSSR count). The van der Waals surface area contributed by atoms with Crippen molar-refractivity contribution in [1.29, 1.82) is 0 Å². The summed E-state index contributed by atoms with van der Waals surface area (Å²) < 4.78 is 32.7. The van der Waals surface area contributed by atoms with Crippen molar-refractivity contribution in [2.24, 2.45) is 11.8 Å². The van der Waals surface area contributed by atoms with Gasteiger partial charge in [-0.1, -0.05) is 25.3 Å². The topological polar surface area (TPSA) is 92.8 Å². The average molecular weight is 465 g/mol. The molecule has 32 heavy (non-hydrogen) atoms. The molecule has 1 amide bonds. The van der Waals surface area contributed by atoms with Crippen LogP contribution >= 0.6 is 0 Å².